The Hall–Kier alpha value is -2.22. The summed E-state index contributed by atoms with van der Waals surface area (Å²) in [5.41, 5.74) is 2.03. The van der Waals surface area contributed by atoms with Gasteiger partial charge in [-0.3, -0.25) is 0 Å². The molecule has 0 aliphatic heterocycles. The van der Waals surface area contributed by atoms with Crippen LogP contribution in [-0.2, 0) is 16.7 Å². The zero-order valence-electron chi connectivity index (χ0n) is 13.5. The van der Waals surface area contributed by atoms with Crippen molar-refractivity contribution in [1.29, 1.82) is 0 Å². The Balaban J connectivity index is 1.82. The van der Waals surface area contributed by atoms with E-state index in [1.165, 1.54) is 0 Å². The molecule has 1 heterocycles. The van der Waals surface area contributed by atoms with Crippen LogP contribution in [0.15, 0.2) is 60.8 Å². The van der Waals surface area contributed by atoms with Gasteiger partial charge in [0.2, 0.25) is 5.52 Å². The summed E-state index contributed by atoms with van der Waals surface area (Å²) in [4.78, 5) is 0. The molecule has 2 aromatic carbocycles. The fourth-order valence-corrected chi connectivity index (χ4v) is 4.12. The molecule has 5 nitrogen and oxygen atoms in total. The Kier molecular flexibility index (Phi) is 5.47. The van der Waals surface area contributed by atoms with Crippen LogP contribution in [0.2, 0.25) is 0 Å². The summed E-state index contributed by atoms with van der Waals surface area (Å²) >= 11 is 1.63. The van der Waals surface area contributed by atoms with Crippen LogP contribution in [0.1, 0.15) is 11.4 Å². The maximum Gasteiger partial charge on any atom is 0.264 e. The third-order valence-electron chi connectivity index (χ3n) is 3.66. The van der Waals surface area contributed by atoms with E-state index < -0.39 is 10.1 Å². The topological polar surface area (TPSA) is 73.1 Å². The Bertz CT molecular complexity index is 980. The van der Waals surface area contributed by atoms with Crippen molar-refractivity contribution in [2.45, 2.75) is 13.0 Å². The van der Waals surface area contributed by atoms with Gasteiger partial charge in [0, 0.05) is 36.2 Å². The van der Waals surface area contributed by atoms with Crippen LogP contribution in [0.25, 0.3) is 16.3 Å². The molecule has 0 amide bonds. The van der Waals surface area contributed by atoms with E-state index in [-0.39, 0.29) is 5.75 Å². The molecule has 0 aliphatic carbocycles. The van der Waals surface area contributed by atoms with Crippen LogP contribution in [0.3, 0.4) is 0 Å². The molecule has 0 bridgehead atoms. The minimum absolute atomic E-state index is 0.296. The lowest BCUT2D eigenvalue weighted by Gasteiger charge is -2.04. The van der Waals surface area contributed by atoms with Gasteiger partial charge in [-0.15, -0.1) is 0 Å². The van der Waals surface area contributed by atoms with Gasteiger partial charge >= 0.3 is 0 Å². The summed E-state index contributed by atoms with van der Waals surface area (Å²) in [5, 5.41) is 4.21. The summed E-state index contributed by atoms with van der Waals surface area (Å²) in [6, 6.07) is 17.8. The van der Waals surface area contributed by atoms with Gasteiger partial charge in [0.1, 0.15) is 4.70 Å². The molecular formula is C18H18N2O3S2. The first kappa shape index (κ1) is 17.6. The summed E-state index contributed by atoms with van der Waals surface area (Å²) in [5.74, 6) is -0.352. The Morgan fingerprint density at radius 1 is 1.08 bits per heavy atom. The lowest BCUT2D eigenvalue weighted by atomic mass is 10.3. The molecule has 0 radical (unpaired) electrons. The number of fused-ring (bicyclic) bond motifs is 1. The zero-order chi connectivity index (χ0) is 17.7. The summed E-state index contributed by atoms with van der Waals surface area (Å²) in [6.07, 6.45) is 4.12. The van der Waals surface area contributed by atoms with Gasteiger partial charge in [0.05, 0.1) is 10.1 Å². The Morgan fingerprint density at radius 2 is 1.80 bits per heavy atom. The first-order valence-corrected chi connectivity index (χ1v) is 10.3. The second kappa shape index (κ2) is 7.77. The number of hydrogen-bond acceptors (Lipinski definition) is 5. The van der Waals surface area contributed by atoms with E-state index in [0.717, 1.165) is 20.9 Å². The highest BCUT2D eigenvalue weighted by atomic mass is 32.2. The SMILES string of the molecule is O=S(=O)([O-])CCC[n+]1c(C=CNc2ccccc2)sc2ccccc21. The Labute approximate surface area is 151 Å². The maximum atomic E-state index is 10.9. The van der Waals surface area contributed by atoms with Crippen molar-refractivity contribution in [1.82, 2.24) is 0 Å². The van der Waals surface area contributed by atoms with Crippen molar-refractivity contribution < 1.29 is 17.5 Å². The van der Waals surface area contributed by atoms with E-state index in [9.17, 15) is 13.0 Å². The predicted octanol–water partition coefficient (Wildman–Crippen LogP) is 3.21. The fourth-order valence-electron chi connectivity index (χ4n) is 2.55. The molecule has 0 fully saturated rings. The molecule has 130 valence electrons. The van der Waals surface area contributed by atoms with Crippen molar-refractivity contribution in [2.24, 2.45) is 0 Å². The van der Waals surface area contributed by atoms with Crippen molar-refractivity contribution in [3.05, 3.63) is 65.8 Å². The maximum absolute atomic E-state index is 10.9. The normalized spacial score (nSPS) is 12.0. The summed E-state index contributed by atoms with van der Waals surface area (Å²) in [6.45, 7) is 0.483. The van der Waals surface area contributed by atoms with E-state index in [1.54, 1.807) is 11.3 Å². The molecular weight excluding hydrogens is 356 g/mol. The largest absolute Gasteiger partial charge is 0.748 e. The highest BCUT2D eigenvalue weighted by Crippen LogP contribution is 2.21. The van der Waals surface area contributed by atoms with E-state index in [0.29, 0.717) is 13.0 Å². The molecule has 0 saturated heterocycles. The molecule has 0 saturated carbocycles. The van der Waals surface area contributed by atoms with Gasteiger partial charge in [-0.2, -0.15) is 4.57 Å². The van der Waals surface area contributed by atoms with Gasteiger partial charge in [-0.25, -0.2) is 8.42 Å². The van der Waals surface area contributed by atoms with Gasteiger partial charge in [0.25, 0.3) is 5.01 Å². The number of hydrogen-bond donors (Lipinski definition) is 1. The quantitative estimate of drug-likeness (QED) is 0.509. The van der Waals surface area contributed by atoms with Gasteiger partial charge < -0.3 is 9.87 Å². The second-order valence-corrected chi connectivity index (χ2v) is 8.10. The number of aromatic nitrogens is 1. The van der Waals surface area contributed by atoms with E-state index >= 15 is 0 Å². The minimum atomic E-state index is -4.19. The standard InChI is InChI=1S/C18H18N2O3S2/c21-25(22,23)14-6-13-20-16-9-4-5-10-17(16)24-18(20)11-12-19-15-7-2-1-3-8-15/h1-5,7-12H,6,13-14H2,(H,21,22,23). The second-order valence-electron chi connectivity index (χ2n) is 5.52. The number of nitrogens with zero attached hydrogens (tertiary/aromatic N) is 1. The smallest absolute Gasteiger partial charge is 0.264 e. The molecule has 3 aromatic rings. The molecule has 0 aliphatic rings. The highest BCUT2D eigenvalue weighted by molar-refractivity contribution is 7.85. The van der Waals surface area contributed by atoms with Gasteiger partial charge in [-0.1, -0.05) is 41.7 Å². The molecule has 1 N–H and O–H groups in total. The lowest BCUT2D eigenvalue weighted by Crippen LogP contribution is -2.36. The van der Waals surface area contributed by atoms with E-state index in [4.69, 9.17) is 0 Å². The molecule has 0 atom stereocenters. The number of rotatable bonds is 7. The van der Waals surface area contributed by atoms with E-state index in [2.05, 4.69) is 5.32 Å². The van der Waals surface area contributed by atoms with Crippen LogP contribution in [0, 0.1) is 0 Å². The number of benzene rings is 2. The number of thiazole rings is 1. The van der Waals surface area contributed by atoms with E-state index in [1.807, 2.05) is 71.4 Å². The van der Waals surface area contributed by atoms with Crippen LogP contribution >= 0.6 is 11.3 Å². The first-order valence-electron chi connectivity index (χ1n) is 7.86. The number of nitrogens with one attached hydrogen (secondary N) is 1. The molecule has 1 aromatic heterocycles. The zero-order valence-corrected chi connectivity index (χ0v) is 15.1. The van der Waals surface area contributed by atoms with Crippen LogP contribution in [0.4, 0.5) is 5.69 Å². The molecule has 25 heavy (non-hydrogen) atoms. The molecule has 7 heteroatoms. The number of anilines is 1. The van der Waals surface area contributed by atoms with Gasteiger partial charge in [-0.05, 0) is 18.2 Å². The molecule has 0 unspecified atom stereocenters. The van der Waals surface area contributed by atoms with Gasteiger partial charge in [0.15, 0.2) is 6.54 Å². The highest BCUT2D eigenvalue weighted by Gasteiger charge is 2.18. The van der Waals surface area contributed by atoms with Crippen LogP contribution in [-0.4, -0.2) is 18.7 Å². The molecule has 0 spiro atoms. The third kappa shape index (κ3) is 4.88. The average Bonchev–Trinajstić information content (AvgIpc) is 2.93. The van der Waals surface area contributed by atoms with Crippen molar-refractivity contribution in [2.75, 3.05) is 11.1 Å². The first-order chi connectivity index (χ1) is 12.0. The lowest BCUT2D eigenvalue weighted by molar-refractivity contribution is -0.668. The Morgan fingerprint density at radius 3 is 2.56 bits per heavy atom. The number of para-hydroxylation sites is 2. The third-order valence-corrected chi connectivity index (χ3v) is 5.58. The van der Waals surface area contributed by atoms with Crippen molar-refractivity contribution in [3.63, 3.8) is 0 Å². The van der Waals surface area contributed by atoms with Crippen LogP contribution < -0.4 is 9.88 Å². The average molecular weight is 374 g/mol. The molecule has 3 rings (SSSR count). The van der Waals surface area contributed by atoms with Crippen molar-refractivity contribution in [3.8, 4) is 0 Å². The van der Waals surface area contributed by atoms with Crippen LogP contribution in [0.5, 0.6) is 0 Å². The monoisotopic (exact) mass is 374 g/mol. The predicted molar refractivity (Wildman–Crippen MR) is 100 cm³/mol. The minimum Gasteiger partial charge on any atom is -0.748 e. The number of aryl methyl sites for hydroxylation is 1. The summed E-state index contributed by atoms with van der Waals surface area (Å²) in [7, 11) is -4.19. The fraction of sp³-hybridized carbons (Fsp3) is 0.167. The summed E-state index contributed by atoms with van der Waals surface area (Å²) < 4.78 is 35.7. The van der Waals surface area contributed by atoms with Crippen molar-refractivity contribution >= 4 is 43.4 Å².